The third kappa shape index (κ3) is 6.03. The average Bonchev–Trinajstić information content (AvgIpc) is 2.79. The van der Waals surface area contributed by atoms with Crippen molar-refractivity contribution in [3.8, 4) is 28.4 Å². The molecular formula is C30H36O2. The fourth-order valence-corrected chi connectivity index (χ4v) is 3.64. The zero-order chi connectivity index (χ0) is 23.1. The summed E-state index contributed by atoms with van der Waals surface area (Å²) >= 11 is 0. The van der Waals surface area contributed by atoms with Gasteiger partial charge in [0.2, 0.25) is 0 Å². The highest BCUT2D eigenvalue weighted by molar-refractivity contribution is 5.70. The predicted molar refractivity (Wildman–Crippen MR) is 137 cm³/mol. The molecule has 0 aliphatic heterocycles. The minimum Gasteiger partial charge on any atom is -0.490 e. The maximum Gasteiger partial charge on any atom is 0.135 e. The summed E-state index contributed by atoms with van der Waals surface area (Å²) in [7, 11) is 0. The Labute approximate surface area is 193 Å². The third-order valence-corrected chi connectivity index (χ3v) is 5.71. The second-order valence-corrected chi connectivity index (χ2v) is 9.21. The monoisotopic (exact) mass is 428 g/mol. The van der Waals surface area contributed by atoms with Gasteiger partial charge in [-0.05, 0) is 72.2 Å². The molecule has 2 nitrogen and oxygen atoms in total. The Morgan fingerprint density at radius 1 is 0.781 bits per heavy atom. The summed E-state index contributed by atoms with van der Waals surface area (Å²) in [5, 5.41) is 0. The number of hydrogen-bond donors (Lipinski definition) is 0. The second-order valence-electron chi connectivity index (χ2n) is 9.21. The maximum absolute atomic E-state index is 6.32. The Kier molecular flexibility index (Phi) is 7.80. The zero-order valence-corrected chi connectivity index (χ0v) is 20.3. The third-order valence-electron chi connectivity index (χ3n) is 5.71. The van der Waals surface area contributed by atoms with Crippen LogP contribution in [0.4, 0.5) is 0 Å². The van der Waals surface area contributed by atoms with Crippen molar-refractivity contribution in [1.29, 1.82) is 0 Å². The van der Waals surface area contributed by atoms with Crippen LogP contribution in [0.15, 0.2) is 72.8 Å². The minimum absolute atomic E-state index is 0.124. The first-order valence-electron chi connectivity index (χ1n) is 11.7. The second kappa shape index (κ2) is 10.5. The molecule has 0 spiro atoms. The molecule has 3 rings (SSSR count). The number of benzene rings is 3. The van der Waals surface area contributed by atoms with Crippen LogP contribution in [0.5, 0.6) is 17.2 Å². The van der Waals surface area contributed by atoms with Gasteiger partial charge < -0.3 is 9.47 Å². The molecule has 0 heterocycles. The van der Waals surface area contributed by atoms with E-state index in [0.717, 1.165) is 46.8 Å². The van der Waals surface area contributed by atoms with E-state index in [0.29, 0.717) is 0 Å². The smallest absolute Gasteiger partial charge is 0.135 e. The lowest BCUT2D eigenvalue weighted by molar-refractivity contribution is 0.193. The summed E-state index contributed by atoms with van der Waals surface area (Å²) in [6.45, 7) is 13.0. The van der Waals surface area contributed by atoms with E-state index in [-0.39, 0.29) is 11.5 Å². The van der Waals surface area contributed by atoms with Crippen molar-refractivity contribution in [3.05, 3.63) is 83.9 Å². The Hall–Kier alpha value is -3.00. The van der Waals surface area contributed by atoms with Gasteiger partial charge in [-0.25, -0.2) is 0 Å². The van der Waals surface area contributed by atoms with Crippen molar-refractivity contribution in [2.24, 2.45) is 0 Å². The summed E-state index contributed by atoms with van der Waals surface area (Å²) in [6, 6.07) is 23.1. The molecule has 0 aromatic heterocycles. The van der Waals surface area contributed by atoms with Gasteiger partial charge in [0.15, 0.2) is 0 Å². The van der Waals surface area contributed by atoms with E-state index >= 15 is 0 Å². The van der Waals surface area contributed by atoms with Gasteiger partial charge in [0.05, 0.1) is 6.10 Å². The molecule has 0 atom stereocenters. The van der Waals surface area contributed by atoms with Gasteiger partial charge in [-0.2, -0.15) is 0 Å². The van der Waals surface area contributed by atoms with Crippen molar-refractivity contribution in [2.45, 2.75) is 65.9 Å². The Balaban J connectivity index is 1.86. The van der Waals surface area contributed by atoms with Crippen LogP contribution in [0.2, 0.25) is 0 Å². The van der Waals surface area contributed by atoms with Gasteiger partial charge in [-0.3, -0.25) is 0 Å². The van der Waals surface area contributed by atoms with Crippen LogP contribution in [-0.4, -0.2) is 6.10 Å². The van der Waals surface area contributed by atoms with Gasteiger partial charge in [0, 0.05) is 5.56 Å². The number of rotatable bonds is 8. The molecule has 0 unspecified atom stereocenters. The van der Waals surface area contributed by atoms with Crippen LogP contribution < -0.4 is 9.47 Å². The van der Waals surface area contributed by atoms with Crippen LogP contribution in [0.1, 0.15) is 65.5 Å². The van der Waals surface area contributed by atoms with E-state index in [1.165, 1.54) is 5.56 Å². The van der Waals surface area contributed by atoms with E-state index in [9.17, 15) is 0 Å². The number of allylic oxidation sites excluding steroid dienone is 1. The first kappa shape index (κ1) is 23.7. The molecule has 3 aromatic rings. The molecular weight excluding hydrogens is 392 g/mol. The van der Waals surface area contributed by atoms with Crippen LogP contribution in [0.3, 0.4) is 0 Å². The lowest BCUT2D eigenvalue weighted by Gasteiger charge is -2.19. The summed E-state index contributed by atoms with van der Waals surface area (Å²) in [6.07, 6.45) is 6.42. The molecule has 32 heavy (non-hydrogen) atoms. The summed E-state index contributed by atoms with van der Waals surface area (Å²) < 4.78 is 12.4. The van der Waals surface area contributed by atoms with Gasteiger partial charge in [-0.1, -0.05) is 83.2 Å². The van der Waals surface area contributed by atoms with Crippen molar-refractivity contribution >= 4 is 6.08 Å². The fraction of sp³-hybridized carbons (Fsp3) is 0.333. The van der Waals surface area contributed by atoms with Crippen LogP contribution in [0.25, 0.3) is 17.2 Å². The van der Waals surface area contributed by atoms with E-state index in [1.54, 1.807) is 0 Å². The van der Waals surface area contributed by atoms with Crippen LogP contribution >= 0.6 is 0 Å². The molecule has 0 amide bonds. The van der Waals surface area contributed by atoms with E-state index in [1.807, 2.05) is 13.0 Å². The van der Waals surface area contributed by atoms with E-state index in [4.69, 9.17) is 9.47 Å². The Morgan fingerprint density at radius 3 is 1.94 bits per heavy atom. The van der Waals surface area contributed by atoms with Crippen molar-refractivity contribution in [2.75, 3.05) is 0 Å². The first-order valence-corrected chi connectivity index (χ1v) is 11.7. The van der Waals surface area contributed by atoms with E-state index < -0.39 is 0 Å². The minimum atomic E-state index is 0.124. The Bertz CT molecular complexity index is 1020. The van der Waals surface area contributed by atoms with E-state index in [2.05, 4.69) is 107 Å². The summed E-state index contributed by atoms with van der Waals surface area (Å²) in [5.74, 6) is 2.61. The van der Waals surface area contributed by atoms with Gasteiger partial charge in [0.1, 0.15) is 17.2 Å². The lowest BCUT2D eigenvalue weighted by Crippen LogP contribution is -2.13. The predicted octanol–water partition coefficient (Wildman–Crippen LogP) is 9.04. The van der Waals surface area contributed by atoms with Gasteiger partial charge in [-0.15, -0.1) is 0 Å². The number of hydrogen-bond acceptors (Lipinski definition) is 2. The normalized spacial score (nSPS) is 11.8. The molecule has 0 saturated heterocycles. The van der Waals surface area contributed by atoms with Crippen LogP contribution in [-0.2, 0) is 5.41 Å². The highest BCUT2D eigenvalue weighted by Crippen LogP contribution is 2.33. The SMILES string of the molecule is C/C=C/c1ccc(-c2ccc(OC(CC)CC)cc2)cc1Oc1ccc(C(C)(C)C)cc1. The molecule has 3 aromatic carbocycles. The van der Waals surface area contributed by atoms with Crippen molar-refractivity contribution in [3.63, 3.8) is 0 Å². The molecule has 2 heteroatoms. The fourth-order valence-electron chi connectivity index (χ4n) is 3.64. The molecule has 0 radical (unpaired) electrons. The molecule has 0 aliphatic rings. The first-order chi connectivity index (χ1) is 15.3. The molecule has 0 aliphatic carbocycles. The standard InChI is InChI=1S/C30H36O2/c1-7-10-23-11-12-24(22-13-17-27(18-14-22)31-26(8-2)9-3)21-29(23)32-28-19-15-25(16-20-28)30(4,5)6/h7,10-21,26H,8-9H2,1-6H3/b10-7+. The molecule has 0 fully saturated rings. The van der Waals surface area contributed by atoms with Crippen molar-refractivity contribution < 1.29 is 9.47 Å². The molecule has 0 N–H and O–H groups in total. The summed E-state index contributed by atoms with van der Waals surface area (Å²) in [4.78, 5) is 0. The summed E-state index contributed by atoms with van der Waals surface area (Å²) in [5.41, 5.74) is 4.74. The highest BCUT2D eigenvalue weighted by atomic mass is 16.5. The Morgan fingerprint density at radius 2 is 1.38 bits per heavy atom. The maximum atomic E-state index is 6.32. The number of ether oxygens (including phenoxy) is 2. The van der Waals surface area contributed by atoms with Crippen LogP contribution in [0, 0.1) is 0 Å². The van der Waals surface area contributed by atoms with Crippen molar-refractivity contribution in [1.82, 2.24) is 0 Å². The molecule has 168 valence electrons. The average molecular weight is 429 g/mol. The highest BCUT2D eigenvalue weighted by Gasteiger charge is 2.14. The lowest BCUT2D eigenvalue weighted by atomic mass is 9.87. The zero-order valence-electron chi connectivity index (χ0n) is 20.3. The topological polar surface area (TPSA) is 18.5 Å². The largest absolute Gasteiger partial charge is 0.490 e. The molecule has 0 bridgehead atoms. The molecule has 0 saturated carbocycles. The van der Waals surface area contributed by atoms with Gasteiger partial charge >= 0.3 is 0 Å². The quantitative estimate of drug-likeness (QED) is 0.356. The van der Waals surface area contributed by atoms with Gasteiger partial charge in [0.25, 0.3) is 0 Å².